The molecule has 0 saturated carbocycles. The van der Waals surface area contributed by atoms with E-state index in [1.807, 2.05) is 6.07 Å². The van der Waals surface area contributed by atoms with Gasteiger partial charge in [0.15, 0.2) is 0 Å². The van der Waals surface area contributed by atoms with Crippen molar-refractivity contribution in [3.63, 3.8) is 0 Å². The van der Waals surface area contributed by atoms with E-state index in [4.69, 9.17) is 4.84 Å². The molecule has 1 rings (SSSR count). The van der Waals surface area contributed by atoms with Crippen molar-refractivity contribution in [1.82, 2.24) is 5.06 Å². The summed E-state index contributed by atoms with van der Waals surface area (Å²) in [6, 6.07) is 7.01. The van der Waals surface area contributed by atoms with E-state index in [1.165, 1.54) is 5.06 Å². The van der Waals surface area contributed by atoms with Crippen LogP contribution in [0.3, 0.4) is 0 Å². The van der Waals surface area contributed by atoms with Crippen LogP contribution in [0.15, 0.2) is 24.3 Å². The normalized spacial score (nSPS) is 10.2. The molecule has 0 aliphatic rings. The minimum absolute atomic E-state index is 0.243. The van der Waals surface area contributed by atoms with Gasteiger partial charge >= 0.3 is 0 Å². The van der Waals surface area contributed by atoms with Gasteiger partial charge < -0.3 is 5.11 Å². The monoisotopic (exact) mass is 237 g/mol. The van der Waals surface area contributed by atoms with Gasteiger partial charge in [-0.3, -0.25) is 9.63 Å². The number of rotatable bonds is 8. The van der Waals surface area contributed by atoms with E-state index in [0.29, 0.717) is 26.0 Å². The maximum absolute atomic E-state index is 10.7. The minimum atomic E-state index is 0.243. The molecule has 4 nitrogen and oxygen atoms in total. The topological polar surface area (TPSA) is 49.8 Å². The quantitative estimate of drug-likeness (QED) is 0.428. The Morgan fingerprint density at radius 3 is 2.94 bits per heavy atom. The molecule has 0 aliphatic carbocycles. The van der Waals surface area contributed by atoms with Crippen molar-refractivity contribution in [2.24, 2.45) is 0 Å². The lowest BCUT2D eigenvalue weighted by atomic mass is 10.1. The highest BCUT2D eigenvalue weighted by molar-refractivity contribution is 5.45. The molecular formula is C13H19NO3. The van der Waals surface area contributed by atoms with Crippen molar-refractivity contribution < 1.29 is 14.7 Å². The van der Waals surface area contributed by atoms with Crippen LogP contribution in [0.4, 0.5) is 0 Å². The molecule has 0 unspecified atom stereocenters. The van der Waals surface area contributed by atoms with E-state index >= 15 is 0 Å². The zero-order chi connectivity index (χ0) is 12.5. The summed E-state index contributed by atoms with van der Waals surface area (Å²) in [4.78, 5) is 16.0. The van der Waals surface area contributed by atoms with Crippen molar-refractivity contribution in [2.75, 3.05) is 13.2 Å². The zero-order valence-corrected chi connectivity index (χ0v) is 10.1. The van der Waals surface area contributed by atoms with E-state index < -0.39 is 0 Å². The van der Waals surface area contributed by atoms with Crippen LogP contribution in [-0.2, 0) is 16.1 Å². The molecule has 4 heteroatoms. The van der Waals surface area contributed by atoms with E-state index in [9.17, 15) is 9.90 Å². The number of unbranched alkanes of at least 4 members (excludes halogenated alkanes) is 1. The summed E-state index contributed by atoms with van der Waals surface area (Å²) in [5.74, 6) is 0.243. The molecule has 0 bridgehead atoms. The lowest BCUT2D eigenvalue weighted by Crippen LogP contribution is -2.25. The number of hydrogen-bond acceptors (Lipinski definition) is 3. The Balaban J connectivity index is 2.34. The Hall–Kier alpha value is -1.55. The molecule has 0 heterocycles. The van der Waals surface area contributed by atoms with Gasteiger partial charge in [-0.05, 0) is 30.5 Å². The number of amides is 1. The molecule has 94 valence electrons. The number of benzene rings is 1. The third-order valence-electron chi connectivity index (χ3n) is 2.40. The fraction of sp³-hybridized carbons (Fsp3) is 0.462. The van der Waals surface area contributed by atoms with Crippen LogP contribution < -0.4 is 0 Å². The fourth-order valence-electron chi connectivity index (χ4n) is 1.43. The van der Waals surface area contributed by atoms with Crippen molar-refractivity contribution in [2.45, 2.75) is 26.2 Å². The van der Waals surface area contributed by atoms with Gasteiger partial charge in [0, 0.05) is 0 Å². The van der Waals surface area contributed by atoms with Gasteiger partial charge in [-0.15, -0.1) is 0 Å². The smallest absolute Gasteiger partial charge is 0.233 e. The predicted octanol–water partition coefficient (Wildman–Crippen LogP) is 2.12. The highest BCUT2D eigenvalue weighted by atomic mass is 16.7. The number of hydroxylamine groups is 2. The number of nitrogens with zero attached hydrogens (tertiary/aromatic N) is 1. The summed E-state index contributed by atoms with van der Waals surface area (Å²) in [5, 5.41) is 10.6. The molecule has 0 aliphatic heterocycles. The van der Waals surface area contributed by atoms with Gasteiger partial charge in [-0.2, -0.15) is 0 Å². The zero-order valence-electron chi connectivity index (χ0n) is 10.1. The van der Waals surface area contributed by atoms with E-state index in [2.05, 4.69) is 6.92 Å². The molecule has 1 N–H and O–H groups in total. The molecule has 0 spiro atoms. The molecular weight excluding hydrogens is 218 g/mol. The third-order valence-corrected chi connectivity index (χ3v) is 2.40. The maximum atomic E-state index is 10.7. The van der Waals surface area contributed by atoms with E-state index in [0.717, 1.165) is 18.4 Å². The van der Waals surface area contributed by atoms with Crippen LogP contribution >= 0.6 is 0 Å². The predicted molar refractivity (Wildman–Crippen MR) is 65.4 cm³/mol. The first-order valence-corrected chi connectivity index (χ1v) is 5.89. The summed E-state index contributed by atoms with van der Waals surface area (Å²) in [6.45, 7) is 3.13. The molecule has 0 fully saturated rings. The van der Waals surface area contributed by atoms with Gasteiger partial charge in [-0.1, -0.05) is 25.5 Å². The van der Waals surface area contributed by atoms with E-state index in [-0.39, 0.29) is 5.75 Å². The second-order valence-electron chi connectivity index (χ2n) is 3.85. The second kappa shape index (κ2) is 7.68. The van der Waals surface area contributed by atoms with Gasteiger partial charge in [0.1, 0.15) is 5.75 Å². The number of hydrogen-bond donors (Lipinski definition) is 1. The Morgan fingerprint density at radius 2 is 2.29 bits per heavy atom. The van der Waals surface area contributed by atoms with Crippen LogP contribution in [0.2, 0.25) is 0 Å². The molecule has 0 saturated heterocycles. The Labute approximate surface area is 102 Å². The summed E-state index contributed by atoms with van der Waals surface area (Å²) in [5.41, 5.74) is 0.982. The lowest BCUT2D eigenvalue weighted by Gasteiger charge is -2.16. The molecule has 0 radical (unpaired) electrons. The van der Waals surface area contributed by atoms with Gasteiger partial charge in [0.2, 0.25) is 6.41 Å². The Bertz CT molecular complexity index is 341. The van der Waals surface area contributed by atoms with Gasteiger partial charge in [-0.25, -0.2) is 5.06 Å². The molecule has 1 aromatic rings. The van der Waals surface area contributed by atoms with Crippen LogP contribution in [0.1, 0.15) is 25.3 Å². The maximum Gasteiger partial charge on any atom is 0.233 e. The molecule has 1 aromatic carbocycles. The largest absolute Gasteiger partial charge is 0.508 e. The van der Waals surface area contributed by atoms with Crippen molar-refractivity contribution in [3.8, 4) is 5.75 Å². The third kappa shape index (κ3) is 5.36. The SMILES string of the molecule is CCCCON(C=O)CCc1cccc(O)c1. The van der Waals surface area contributed by atoms with Crippen LogP contribution in [0.25, 0.3) is 0 Å². The number of aromatic hydroxyl groups is 1. The first-order chi connectivity index (χ1) is 8.26. The number of phenolic OH excluding ortho intramolecular Hbond substituents is 1. The van der Waals surface area contributed by atoms with Crippen LogP contribution in [0.5, 0.6) is 5.75 Å². The average molecular weight is 237 g/mol. The minimum Gasteiger partial charge on any atom is -0.508 e. The number of carbonyl (C=O) groups excluding carboxylic acids is 1. The molecule has 1 amide bonds. The second-order valence-corrected chi connectivity index (χ2v) is 3.85. The van der Waals surface area contributed by atoms with Crippen molar-refractivity contribution in [1.29, 1.82) is 0 Å². The molecule has 0 atom stereocenters. The van der Waals surface area contributed by atoms with Gasteiger partial charge in [0.05, 0.1) is 13.2 Å². The van der Waals surface area contributed by atoms with E-state index in [1.54, 1.807) is 18.2 Å². The van der Waals surface area contributed by atoms with Crippen molar-refractivity contribution in [3.05, 3.63) is 29.8 Å². The summed E-state index contributed by atoms with van der Waals surface area (Å²) >= 11 is 0. The standard InChI is InChI=1S/C13H19NO3/c1-2-3-9-17-14(11-15)8-7-12-5-4-6-13(16)10-12/h4-6,10-11,16H,2-3,7-9H2,1H3. The van der Waals surface area contributed by atoms with Crippen molar-refractivity contribution >= 4 is 6.41 Å². The fourth-order valence-corrected chi connectivity index (χ4v) is 1.43. The Morgan fingerprint density at radius 1 is 1.47 bits per heavy atom. The Kier molecular flexibility index (Phi) is 6.10. The number of carbonyl (C=O) groups is 1. The average Bonchev–Trinajstić information content (AvgIpc) is 2.34. The highest BCUT2D eigenvalue weighted by Gasteiger charge is 2.03. The van der Waals surface area contributed by atoms with Crippen LogP contribution in [0, 0.1) is 0 Å². The highest BCUT2D eigenvalue weighted by Crippen LogP contribution is 2.11. The lowest BCUT2D eigenvalue weighted by molar-refractivity contribution is -0.172. The first kappa shape index (κ1) is 13.5. The van der Waals surface area contributed by atoms with Crippen LogP contribution in [-0.4, -0.2) is 29.7 Å². The summed E-state index contributed by atoms with van der Waals surface area (Å²) in [7, 11) is 0. The first-order valence-electron chi connectivity index (χ1n) is 5.89. The molecule has 17 heavy (non-hydrogen) atoms. The summed E-state index contributed by atoms with van der Waals surface area (Å²) in [6.07, 6.45) is 3.34. The van der Waals surface area contributed by atoms with Gasteiger partial charge in [0.25, 0.3) is 0 Å². The number of phenols is 1. The summed E-state index contributed by atoms with van der Waals surface area (Å²) < 4.78 is 0. The molecule has 0 aromatic heterocycles.